The van der Waals surface area contributed by atoms with Crippen LogP contribution in [0.2, 0.25) is 0 Å². The number of carbonyl (C=O) groups excluding carboxylic acids is 1. The molecular formula is C7H12O6. The van der Waals surface area contributed by atoms with Crippen molar-refractivity contribution in [2.24, 2.45) is 0 Å². The third-order valence-electron chi connectivity index (χ3n) is 1.99. The van der Waals surface area contributed by atoms with E-state index in [1.165, 1.54) is 0 Å². The van der Waals surface area contributed by atoms with Gasteiger partial charge >= 0.3 is 0 Å². The zero-order valence-electron chi connectivity index (χ0n) is 6.99. The molecule has 1 rings (SSSR count). The van der Waals surface area contributed by atoms with E-state index in [9.17, 15) is 9.90 Å². The highest BCUT2D eigenvalue weighted by Crippen LogP contribution is 2.20. The summed E-state index contributed by atoms with van der Waals surface area (Å²) in [5.74, 6) is -0.516. The van der Waals surface area contributed by atoms with Crippen LogP contribution < -0.4 is 0 Å². The van der Waals surface area contributed by atoms with Gasteiger partial charge in [-0.05, 0) is 6.92 Å². The predicted molar refractivity (Wildman–Crippen MR) is 39.6 cm³/mol. The Morgan fingerprint density at radius 2 is 1.62 bits per heavy atom. The van der Waals surface area contributed by atoms with Gasteiger partial charge in [-0.1, -0.05) is 0 Å². The van der Waals surface area contributed by atoms with E-state index in [1.807, 2.05) is 0 Å². The molecule has 1 heterocycles. The monoisotopic (exact) mass is 192 g/mol. The average molecular weight is 192 g/mol. The van der Waals surface area contributed by atoms with E-state index in [2.05, 4.69) is 4.74 Å². The van der Waals surface area contributed by atoms with Crippen molar-refractivity contribution in [3.05, 3.63) is 0 Å². The highest BCUT2D eigenvalue weighted by Gasteiger charge is 2.44. The summed E-state index contributed by atoms with van der Waals surface area (Å²) in [5, 5.41) is 36.4. The Balaban J connectivity index is 2.76. The maximum Gasteiger partial charge on any atom is 0.184 e. The molecule has 0 unspecified atom stereocenters. The Labute approximate surface area is 74.4 Å². The van der Waals surface area contributed by atoms with E-state index in [-0.39, 0.29) is 0 Å². The highest BCUT2D eigenvalue weighted by atomic mass is 16.6. The quantitative estimate of drug-likeness (QED) is 0.362. The summed E-state index contributed by atoms with van der Waals surface area (Å²) in [6, 6.07) is 0. The summed E-state index contributed by atoms with van der Waals surface area (Å²) in [6.45, 7) is 1.16. The van der Waals surface area contributed by atoms with Gasteiger partial charge in [-0.15, -0.1) is 0 Å². The van der Waals surface area contributed by atoms with Gasteiger partial charge in [-0.2, -0.15) is 0 Å². The van der Waals surface area contributed by atoms with Crippen molar-refractivity contribution in [3.8, 4) is 0 Å². The lowest BCUT2D eigenvalue weighted by Gasteiger charge is -2.37. The van der Waals surface area contributed by atoms with E-state index >= 15 is 0 Å². The minimum absolute atomic E-state index is 0.516. The van der Waals surface area contributed by atoms with Crippen molar-refractivity contribution in [1.29, 1.82) is 0 Å². The lowest BCUT2D eigenvalue weighted by molar-refractivity contribution is -0.274. The Morgan fingerprint density at radius 1 is 1.08 bits per heavy atom. The Bertz CT molecular complexity index is 205. The molecule has 4 N–H and O–H groups in total. The molecule has 76 valence electrons. The Hall–Kier alpha value is -0.530. The molecule has 1 fully saturated rings. The molecule has 0 aromatic carbocycles. The summed E-state index contributed by atoms with van der Waals surface area (Å²) in [4.78, 5) is 10.8. The first-order valence-corrected chi connectivity index (χ1v) is 3.83. The minimum Gasteiger partial charge on any atom is -0.387 e. The molecular weight excluding hydrogens is 180 g/mol. The summed E-state index contributed by atoms with van der Waals surface area (Å²) in [6.07, 6.45) is -7.60. The van der Waals surface area contributed by atoms with Crippen molar-refractivity contribution in [2.45, 2.75) is 37.6 Å². The SMILES string of the molecule is CC(=O)[C@H]1O[C@H](O)[C@@H](O)[C@@H](O)[C@H]1O. The second-order valence-corrected chi connectivity index (χ2v) is 3.03. The number of hydrogen-bond acceptors (Lipinski definition) is 6. The van der Waals surface area contributed by atoms with E-state index in [0.717, 1.165) is 6.92 Å². The number of aliphatic hydroxyl groups excluding tert-OH is 4. The van der Waals surface area contributed by atoms with Crippen LogP contribution in [0.25, 0.3) is 0 Å². The van der Waals surface area contributed by atoms with E-state index in [0.29, 0.717) is 0 Å². The maximum absolute atomic E-state index is 10.8. The fourth-order valence-electron chi connectivity index (χ4n) is 1.20. The summed E-state index contributed by atoms with van der Waals surface area (Å²) in [5.41, 5.74) is 0. The number of ketones is 1. The summed E-state index contributed by atoms with van der Waals surface area (Å²) < 4.78 is 4.59. The van der Waals surface area contributed by atoms with Crippen molar-refractivity contribution in [2.75, 3.05) is 0 Å². The van der Waals surface area contributed by atoms with Crippen molar-refractivity contribution < 1.29 is 30.0 Å². The van der Waals surface area contributed by atoms with Crippen molar-refractivity contribution in [1.82, 2.24) is 0 Å². The molecule has 5 atom stereocenters. The number of ether oxygens (including phenoxy) is 1. The normalized spacial score (nSPS) is 46.1. The first-order valence-electron chi connectivity index (χ1n) is 3.83. The molecule has 0 saturated carbocycles. The molecule has 0 spiro atoms. The Kier molecular flexibility index (Phi) is 2.99. The van der Waals surface area contributed by atoms with Crippen LogP contribution in [0.5, 0.6) is 0 Å². The molecule has 0 aromatic heterocycles. The second kappa shape index (κ2) is 3.69. The second-order valence-electron chi connectivity index (χ2n) is 3.03. The topological polar surface area (TPSA) is 107 Å². The first-order chi connectivity index (χ1) is 5.95. The molecule has 0 radical (unpaired) electrons. The number of rotatable bonds is 1. The van der Waals surface area contributed by atoms with Gasteiger partial charge in [-0.3, -0.25) is 4.79 Å². The molecule has 1 saturated heterocycles. The van der Waals surface area contributed by atoms with Gasteiger partial charge in [0.05, 0.1) is 0 Å². The fourth-order valence-corrected chi connectivity index (χ4v) is 1.20. The van der Waals surface area contributed by atoms with Gasteiger partial charge < -0.3 is 25.2 Å². The molecule has 6 nitrogen and oxygen atoms in total. The number of Topliss-reactive ketones (excluding diaryl/α,β-unsaturated/α-hetero) is 1. The summed E-state index contributed by atoms with van der Waals surface area (Å²) >= 11 is 0. The van der Waals surface area contributed by atoms with E-state index < -0.39 is 36.5 Å². The summed E-state index contributed by atoms with van der Waals surface area (Å²) in [7, 11) is 0. The lowest BCUT2D eigenvalue weighted by Crippen LogP contribution is -2.59. The van der Waals surface area contributed by atoms with Crippen molar-refractivity contribution >= 4 is 5.78 Å². The highest BCUT2D eigenvalue weighted by molar-refractivity contribution is 5.81. The zero-order valence-corrected chi connectivity index (χ0v) is 6.99. The van der Waals surface area contributed by atoms with E-state index in [4.69, 9.17) is 15.3 Å². The number of hydrogen-bond donors (Lipinski definition) is 4. The third-order valence-corrected chi connectivity index (χ3v) is 1.99. The molecule has 0 aliphatic carbocycles. The Morgan fingerprint density at radius 3 is 2.08 bits per heavy atom. The lowest BCUT2D eigenvalue weighted by atomic mass is 9.97. The van der Waals surface area contributed by atoms with Gasteiger partial charge in [0, 0.05) is 0 Å². The minimum atomic E-state index is -1.65. The molecule has 1 aliphatic rings. The predicted octanol–water partition coefficient (Wildman–Crippen LogP) is -2.62. The molecule has 0 aromatic rings. The third kappa shape index (κ3) is 1.87. The number of carbonyl (C=O) groups is 1. The van der Waals surface area contributed by atoms with Crippen molar-refractivity contribution in [3.63, 3.8) is 0 Å². The van der Waals surface area contributed by atoms with Crippen LogP contribution in [0.1, 0.15) is 6.92 Å². The largest absolute Gasteiger partial charge is 0.387 e. The molecule has 0 amide bonds. The van der Waals surface area contributed by atoms with Gasteiger partial charge in [0.25, 0.3) is 0 Å². The van der Waals surface area contributed by atoms with Gasteiger partial charge in [0.1, 0.15) is 24.4 Å². The van der Waals surface area contributed by atoms with Crippen LogP contribution in [0.15, 0.2) is 0 Å². The molecule has 1 aliphatic heterocycles. The van der Waals surface area contributed by atoms with Gasteiger partial charge in [0.15, 0.2) is 12.1 Å². The van der Waals surface area contributed by atoms with Crippen LogP contribution in [-0.4, -0.2) is 56.9 Å². The molecule has 0 bridgehead atoms. The van der Waals surface area contributed by atoms with E-state index in [1.54, 1.807) is 0 Å². The standard InChI is InChI=1S/C7H12O6/c1-2(8)6-4(10)3(9)5(11)7(12)13-6/h3-7,9-12H,1H3/t3-,4+,5-,6+,7-/m0/s1. The fraction of sp³-hybridized carbons (Fsp3) is 0.857. The number of aliphatic hydroxyl groups is 4. The van der Waals surface area contributed by atoms with Crippen LogP contribution in [-0.2, 0) is 9.53 Å². The maximum atomic E-state index is 10.8. The van der Waals surface area contributed by atoms with Crippen LogP contribution in [0, 0.1) is 0 Å². The first kappa shape index (κ1) is 10.6. The van der Waals surface area contributed by atoms with Crippen LogP contribution >= 0.6 is 0 Å². The zero-order chi connectivity index (χ0) is 10.2. The molecule has 6 heteroatoms. The average Bonchev–Trinajstić information content (AvgIpc) is 2.07. The van der Waals surface area contributed by atoms with Gasteiger partial charge in [-0.25, -0.2) is 0 Å². The van der Waals surface area contributed by atoms with Crippen LogP contribution in [0.3, 0.4) is 0 Å². The smallest absolute Gasteiger partial charge is 0.184 e. The van der Waals surface area contributed by atoms with Crippen LogP contribution in [0.4, 0.5) is 0 Å². The molecule has 13 heavy (non-hydrogen) atoms. The van der Waals surface area contributed by atoms with Gasteiger partial charge in [0.2, 0.25) is 0 Å².